The van der Waals surface area contributed by atoms with Crippen molar-refractivity contribution in [1.82, 2.24) is 10.2 Å². The topological polar surface area (TPSA) is 66.7 Å². The van der Waals surface area contributed by atoms with Crippen LogP contribution in [0.5, 0.6) is 0 Å². The summed E-state index contributed by atoms with van der Waals surface area (Å²) in [6.45, 7) is 3.81. The first-order valence-corrected chi connectivity index (χ1v) is 4.84. The van der Waals surface area contributed by atoms with Crippen molar-refractivity contribution in [2.45, 2.75) is 26.2 Å². The molecule has 0 bridgehead atoms. The van der Waals surface area contributed by atoms with Crippen LogP contribution in [0.15, 0.2) is 6.20 Å². The molecular weight excluding hydrogens is 164 g/mol. The fourth-order valence-corrected chi connectivity index (χ4v) is 1.23. The van der Waals surface area contributed by atoms with Crippen molar-refractivity contribution >= 4 is 5.69 Å². The molecule has 0 aromatic carbocycles. The van der Waals surface area contributed by atoms with Crippen LogP contribution < -0.4 is 11.1 Å². The minimum Gasteiger partial charge on any atom is -0.382 e. The highest BCUT2D eigenvalue weighted by Gasteiger charge is 2.01. The molecule has 13 heavy (non-hydrogen) atoms. The van der Waals surface area contributed by atoms with Crippen molar-refractivity contribution in [2.24, 2.45) is 5.73 Å². The van der Waals surface area contributed by atoms with Gasteiger partial charge in [0.15, 0.2) is 0 Å². The molecule has 0 amide bonds. The number of nitrogens with two attached hydrogens (primary N) is 1. The van der Waals surface area contributed by atoms with Crippen LogP contribution in [0.2, 0.25) is 0 Å². The Morgan fingerprint density at radius 3 is 3.15 bits per heavy atom. The van der Waals surface area contributed by atoms with E-state index >= 15 is 0 Å². The third-order valence-electron chi connectivity index (χ3n) is 1.91. The molecule has 1 aromatic heterocycles. The fourth-order valence-electron chi connectivity index (χ4n) is 1.23. The number of rotatable bonds is 6. The summed E-state index contributed by atoms with van der Waals surface area (Å²) in [5, 5.41) is 10.3. The van der Waals surface area contributed by atoms with Gasteiger partial charge in [0.1, 0.15) is 0 Å². The van der Waals surface area contributed by atoms with E-state index in [0.29, 0.717) is 0 Å². The number of hydrogen-bond donors (Lipinski definition) is 3. The maximum Gasteiger partial charge on any atom is 0.0756 e. The average Bonchev–Trinajstić information content (AvgIpc) is 2.54. The molecule has 1 rings (SSSR count). The lowest BCUT2D eigenvalue weighted by Crippen LogP contribution is -2.09. The molecule has 0 atom stereocenters. The van der Waals surface area contributed by atoms with E-state index in [4.69, 9.17) is 5.73 Å². The molecule has 4 heteroatoms. The Bertz CT molecular complexity index is 231. The van der Waals surface area contributed by atoms with Gasteiger partial charge in [-0.1, -0.05) is 13.3 Å². The van der Waals surface area contributed by atoms with E-state index in [-0.39, 0.29) is 0 Å². The predicted molar refractivity (Wildman–Crippen MR) is 54.7 cm³/mol. The number of H-pyrrole nitrogens is 1. The van der Waals surface area contributed by atoms with Crippen LogP contribution in [0.1, 0.15) is 25.5 Å². The van der Waals surface area contributed by atoms with Gasteiger partial charge in [-0.2, -0.15) is 5.10 Å². The Morgan fingerprint density at radius 2 is 2.46 bits per heavy atom. The first-order chi connectivity index (χ1) is 6.38. The number of aromatic amines is 1. The Morgan fingerprint density at radius 1 is 1.62 bits per heavy atom. The van der Waals surface area contributed by atoms with Crippen LogP contribution in [0.25, 0.3) is 0 Å². The first kappa shape index (κ1) is 10.1. The van der Waals surface area contributed by atoms with Crippen LogP contribution >= 0.6 is 0 Å². The van der Waals surface area contributed by atoms with Crippen LogP contribution in [-0.4, -0.2) is 23.3 Å². The van der Waals surface area contributed by atoms with Gasteiger partial charge < -0.3 is 11.1 Å². The van der Waals surface area contributed by atoms with Crippen molar-refractivity contribution in [3.05, 3.63) is 11.9 Å². The largest absolute Gasteiger partial charge is 0.382 e. The molecular formula is C9H18N4. The zero-order chi connectivity index (χ0) is 9.52. The van der Waals surface area contributed by atoms with Crippen molar-refractivity contribution in [2.75, 3.05) is 18.4 Å². The van der Waals surface area contributed by atoms with Crippen LogP contribution in [0.3, 0.4) is 0 Å². The summed E-state index contributed by atoms with van der Waals surface area (Å²) in [6, 6.07) is 0. The molecule has 0 radical (unpaired) electrons. The Balaban J connectivity index is 2.40. The maximum atomic E-state index is 5.40. The minimum atomic E-state index is 0.730. The summed E-state index contributed by atoms with van der Waals surface area (Å²) < 4.78 is 0. The summed E-state index contributed by atoms with van der Waals surface area (Å²) in [4.78, 5) is 0. The molecule has 1 heterocycles. The van der Waals surface area contributed by atoms with Crippen LogP contribution in [-0.2, 0) is 6.42 Å². The van der Waals surface area contributed by atoms with E-state index in [1.807, 2.05) is 6.20 Å². The van der Waals surface area contributed by atoms with Gasteiger partial charge in [0.2, 0.25) is 0 Å². The summed E-state index contributed by atoms with van der Waals surface area (Å²) in [5.41, 5.74) is 7.72. The van der Waals surface area contributed by atoms with Crippen molar-refractivity contribution in [3.8, 4) is 0 Å². The molecule has 0 aliphatic rings. The molecule has 4 N–H and O–H groups in total. The summed E-state index contributed by atoms with van der Waals surface area (Å²) in [6.07, 6.45) is 5.01. The number of aryl methyl sites for hydroxylation is 1. The van der Waals surface area contributed by atoms with Gasteiger partial charge in [0, 0.05) is 6.54 Å². The van der Waals surface area contributed by atoms with Crippen LogP contribution in [0.4, 0.5) is 5.69 Å². The van der Waals surface area contributed by atoms with Gasteiger partial charge in [-0.3, -0.25) is 5.10 Å². The monoisotopic (exact) mass is 182 g/mol. The standard InChI is InChI=1S/C9H18N4/c1-2-4-8-9(7-12-13-8)11-6-3-5-10/h7,11H,2-6,10H2,1H3,(H,12,13). The van der Waals surface area contributed by atoms with Gasteiger partial charge in [-0.05, 0) is 19.4 Å². The van der Waals surface area contributed by atoms with Crippen LogP contribution in [0, 0.1) is 0 Å². The Hall–Kier alpha value is -1.03. The molecule has 0 fully saturated rings. The molecule has 74 valence electrons. The highest BCUT2D eigenvalue weighted by molar-refractivity contribution is 5.45. The number of nitrogens with zero attached hydrogens (tertiary/aromatic N) is 1. The predicted octanol–water partition coefficient (Wildman–Crippen LogP) is 1.12. The SMILES string of the molecule is CCCc1[nH]ncc1NCCCN. The Labute approximate surface area is 78.9 Å². The highest BCUT2D eigenvalue weighted by atomic mass is 15.1. The summed E-state index contributed by atoms with van der Waals surface area (Å²) in [5.74, 6) is 0. The second-order valence-electron chi connectivity index (χ2n) is 3.08. The maximum absolute atomic E-state index is 5.40. The van der Waals surface area contributed by atoms with Crippen molar-refractivity contribution < 1.29 is 0 Å². The zero-order valence-corrected chi connectivity index (χ0v) is 8.14. The molecule has 1 aromatic rings. The number of anilines is 1. The van der Waals surface area contributed by atoms with Crippen molar-refractivity contribution in [1.29, 1.82) is 0 Å². The minimum absolute atomic E-state index is 0.730. The molecule has 0 saturated heterocycles. The van der Waals surface area contributed by atoms with E-state index in [2.05, 4.69) is 22.4 Å². The molecule has 0 saturated carbocycles. The van der Waals surface area contributed by atoms with Gasteiger partial charge in [0.25, 0.3) is 0 Å². The van der Waals surface area contributed by atoms with E-state index in [1.54, 1.807) is 0 Å². The second kappa shape index (κ2) is 5.59. The quantitative estimate of drug-likeness (QED) is 0.578. The van der Waals surface area contributed by atoms with E-state index < -0.39 is 0 Å². The molecule has 0 aliphatic heterocycles. The molecule has 4 nitrogen and oxygen atoms in total. The lowest BCUT2D eigenvalue weighted by atomic mass is 10.2. The third kappa shape index (κ3) is 3.06. The number of hydrogen-bond acceptors (Lipinski definition) is 3. The van der Waals surface area contributed by atoms with Gasteiger partial charge in [-0.15, -0.1) is 0 Å². The molecule has 0 unspecified atom stereocenters. The zero-order valence-electron chi connectivity index (χ0n) is 8.14. The van der Waals surface area contributed by atoms with E-state index in [0.717, 1.165) is 38.0 Å². The lowest BCUT2D eigenvalue weighted by Gasteiger charge is -2.04. The Kier molecular flexibility index (Phi) is 4.32. The summed E-state index contributed by atoms with van der Waals surface area (Å²) in [7, 11) is 0. The smallest absolute Gasteiger partial charge is 0.0756 e. The van der Waals surface area contributed by atoms with E-state index in [9.17, 15) is 0 Å². The molecule has 0 spiro atoms. The van der Waals surface area contributed by atoms with E-state index in [1.165, 1.54) is 5.69 Å². The average molecular weight is 182 g/mol. The van der Waals surface area contributed by atoms with Gasteiger partial charge in [-0.25, -0.2) is 0 Å². The fraction of sp³-hybridized carbons (Fsp3) is 0.667. The molecule has 0 aliphatic carbocycles. The number of nitrogens with one attached hydrogen (secondary N) is 2. The lowest BCUT2D eigenvalue weighted by molar-refractivity contribution is 0.853. The normalized spacial score (nSPS) is 10.3. The second-order valence-corrected chi connectivity index (χ2v) is 3.08. The number of aromatic nitrogens is 2. The van der Waals surface area contributed by atoms with Crippen molar-refractivity contribution in [3.63, 3.8) is 0 Å². The summed E-state index contributed by atoms with van der Waals surface area (Å²) >= 11 is 0. The first-order valence-electron chi connectivity index (χ1n) is 4.84. The highest BCUT2D eigenvalue weighted by Crippen LogP contribution is 2.12. The van der Waals surface area contributed by atoms with Gasteiger partial charge in [0.05, 0.1) is 17.6 Å². The van der Waals surface area contributed by atoms with Gasteiger partial charge >= 0.3 is 0 Å². The third-order valence-corrected chi connectivity index (χ3v) is 1.91.